The van der Waals surface area contributed by atoms with Crippen molar-refractivity contribution in [2.45, 2.75) is 25.6 Å². The summed E-state index contributed by atoms with van der Waals surface area (Å²) in [7, 11) is 0. The Balaban J connectivity index is 1.61. The lowest BCUT2D eigenvalue weighted by Gasteiger charge is -2.30. The molecule has 144 valence electrons. The molecule has 0 aliphatic carbocycles. The van der Waals surface area contributed by atoms with Crippen LogP contribution in [0.4, 0.5) is 18.9 Å². The number of aromatic nitrogens is 4. The van der Waals surface area contributed by atoms with Gasteiger partial charge in [-0.25, -0.2) is 4.68 Å². The highest BCUT2D eigenvalue weighted by atomic mass is 19.4. The number of nitrogens with zero attached hydrogens (tertiary/aromatic N) is 5. The third-order valence-corrected chi connectivity index (χ3v) is 4.61. The Bertz CT molecular complexity index is 1000. The topological polar surface area (TPSA) is 63.9 Å². The molecule has 6 nitrogen and oxygen atoms in total. The molecule has 0 radical (unpaired) electrons. The van der Waals surface area contributed by atoms with Crippen molar-refractivity contribution in [2.24, 2.45) is 0 Å². The second-order valence-corrected chi connectivity index (χ2v) is 6.48. The number of rotatable bonds is 3. The summed E-state index contributed by atoms with van der Waals surface area (Å²) in [5.41, 5.74) is 0.577. The van der Waals surface area contributed by atoms with Crippen LogP contribution in [0.1, 0.15) is 33.7 Å². The zero-order chi connectivity index (χ0) is 19.7. The Labute approximate surface area is 158 Å². The number of halogens is 3. The number of fused-ring (bicyclic) bond motifs is 1. The van der Waals surface area contributed by atoms with E-state index in [2.05, 4.69) is 15.3 Å². The second kappa shape index (κ2) is 7.06. The molecule has 0 saturated heterocycles. The number of carbonyl (C=O) groups is 1. The average molecular weight is 387 g/mol. The number of amides is 1. The first-order valence-corrected chi connectivity index (χ1v) is 8.74. The summed E-state index contributed by atoms with van der Waals surface area (Å²) in [6.07, 6.45) is -0.585. The number of benzene rings is 1. The van der Waals surface area contributed by atoms with Crippen LogP contribution < -0.4 is 4.90 Å². The van der Waals surface area contributed by atoms with Crippen LogP contribution >= 0.6 is 0 Å². The first-order chi connectivity index (χ1) is 13.4. The molecule has 9 heteroatoms. The highest BCUT2D eigenvalue weighted by Gasteiger charge is 2.37. The van der Waals surface area contributed by atoms with Crippen molar-refractivity contribution in [1.29, 1.82) is 0 Å². The smallest absolute Gasteiger partial charge is 0.307 e. The zero-order valence-corrected chi connectivity index (χ0v) is 14.7. The number of carbonyl (C=O) groups excluding carboxylic acids is 1. The molecule has 1 aliphatic rings. The Morgan fingerprint density at radius 3 is 2.75 bits per heavy atom. The first-order valence-electron chi connectivity index (χ1n) is 8.74. The highest BCUT2D eigenvalue weighted by Crippen LogP contribution is 2.39. The quantitative estimate of drug-likeness (QED) is 0.692. The Kier molecular flexibility index (Phi) is 4.58. The van der Waals surface area contributed by atoms with E-state index in [1.165, 1.54) is 21.8 Å². The van der Waals surface area contributed by atoms with Crippen LogP contribution in [0.2, 0.25) is 0 Å². The maximum Gasteiger partial charge on any atom is 0.416 e. The van der Waals surface area contributed by atoms with Crippen molar-refractivity contribution in [1.82, 2.24) is 20.0 Å². The van der Waals surface area contributed by atoms with Crippen LogP contribution in [0.5, 0.6) is 0 Å². The van der Waals surface area contributed by atoms with Crippen molar-refractivity contribution in [3.8, 4) is 0 Å². The summed E-state index contributed by atoms with van der Waals surface area (Å²) in [5, 5.41) is 7.84. The van der Waals surface area contributed by atoms with E-state index in [1.807, 2.05) is 12.1 Å². The van der Waals surface area contributed by atoms with Gasteiger partial charge in [0.2, 0.25) is 0 Å². The Morgan fingerprint density at radius 1 is 1.14 bits per heavy atom. The second-order valence-electron chi connectivity index (χ2n) is 6.48. The normalized spacial score (nSPS) is 14.0. The maximum absolute atomic E-state index is 13.3. The lowest BCUT2D eigenvalue weighted by molar-refractivity contribution is -0.138. The van der Waals surface area contributed by atoms with Gasteiger partial charge in [-0.15, -0.1) is 5.10 Å². The molecule has 1 amide bonds. The SMILES string of the molecule is O=C(c1cn(Cc2ccccn2)nn1)N1CCCc2c1cccc2C(F)(F)F. The Morgan fingerprint density at radius 2 is 2.00 bits per heavy atom. The third-order valence-electron chi connectivity index (χ3n) is 4.61. The molecule has 0 fully saturated rings. The predicted octanol–water partition coefficient (Wildman–Crippen LogP) is 3.33. The van der Waals surface area contributed by atoms with Gasteiger partial charge in [-0.05, 0) is 42.7 Å². The van der Waals surface area contributed by atoms with Crippen LogP contribution in [-0.2, 0) is 19.1 Å². The number of hydrogen-bond donors (Lipinski definition) is 0. The lowest BCUT2D eigenvalue weighted by Crippen LogP contribution is -2.36. The molecule has 1 aliphatic heterocycles. The van der Waals surface area contributed by atoms with Gasteiger partial charge in [0.15, 0.2) is 5.69 Å². The van der Waals surface area contributed by atoms with Crippen LogP contribution in [0.25, 0.3) is 0 Å². The minimum atomic E-state index is -4.46. The molecule has 3 aromatic rings. The predicted molar refractivity (Wildman–Crippen MR) is 94.8 cm³/mol. The zero-order valence-electron chi connectivity index (χ0n) is 14.7. The van der Waals surface area contributed by atoms with Crippen molar-refractivity contribution in [3.63, 3.8) is 0 Å². The van der Waals surface area contributed by atoms with Crippen LogP contribution in [0.3, 0.4) is 0 Å². The molecule has 0 atom stereocenters. The highest BCUT2D eigenvalue weighted by molar-refractivity contribution is 6.05. The summed E-state index contributed by atoms with van der Waals surface area (Å²) in [4.78, 5) is 18.4. The lowest BCUT2D eigenvalue weighted by atomic mass is 9.95. The molecule has 28 heavy (non-hydrogen) atoms. The molecule has 0 unspecified atom stereocenters. The summed E-state index contributed by atoms with van der Waals surface area (Å²) in [6, 6.07) is 9.38. The fraction of sp³-hybridized carbons (Fsp3) is 0.263. The van der Waals surface area contributed by atoms with Gasteiger partial charge in [0.1, 0.15) is 0 Å². The van der Waals surface area contributed by atoms with E-state index in [1.54, 1.807) is 18.3 Å². The fourth-order valence-corrected chi connectivity index (χ4v) is 3.37. The molecule has 0 saturated carbocycles. The van der Waals surface area contributed by atoms with E-state index >= 15 is 0 Å². The molecule has 1 aromatic carbocycles. The number of pyridine rings is 1. The van der Waals surface area contributed by atoms with E-state index in [-0.39, 0.29) is 23.4 Å². The third kappa shape index (κ3) is 3.47. The maximum atomic E-state index is 13.3. The monoisotopic (exact) mass is 387 g/mol. The number of hydrogen-bond acceptors (Lipinski definition) is 4. The van der Waals surface area contributed by atoms with Crippen LogP contribution in [0, 0.1) is 0 Å². The van der Waals surface area contributed by atoms with Crippen molar-refractivity contribution >= 4 is 11.6 Å². The van der Waals surface area contributed by atoms with Gasteiger partial charge in [-0.2, -0.15) is 13.2 Å². The molecule has 2 aromatic heterocycles. The Hall–Kier alpha value is -3.23. The van der Waals surface area contributed by atoms with E-state index < -0.39 is 17.6 Å². The largest absolute Gasteiger partial charge is 0.416 e. The number of anilines is 1. The number of alkyl halides is 3. The van der Waals surface area contributed by atoms with E-state index in [4.69, 9.17) is 0 Å². The first kappa shape index (κ1) is 18.1. The van der Waals surface area contributed by atoms with E-state index in [9.17, 15) is 18.0 Å². The van der Waals surface area contributed by atoms with Gasteiger partial charge in [0, 0.05) is 18.4 Å². The van der Waals surface area contributed by atoms with Gasteiger partial charge in [-0.1, -0.05) is 17.3 Å². The standard InChI is InChI=1S/C19H16F3N5O/c20-19(21,22)15-7-3-8-17-14(15)6-4-10-27(17)18(28)16-12-26(25-24-16)11-13-5-1-2-9-23-13/h1-3,5,7-9,12H,4,6,10-11H2. The summed E-state index contributed by atoms with van der Waals surface area (Å²) >= 11 is 0. The van der Waals surface area contributed by atoms with Gasteiger partial charge < -0.3 is 4.90 Å². The molecule has 4 rings (SSSR count). The molecule has 0 spiro atoms. The molecule has 3 heterocycles. The van der Waals surface area contributed by atoms with Crippen molar-refractivity contribution in [3.05, 3.63) is 71.3 Å². The average Bonchev–Trinajstić information content (AvgIpc) is 3.15. The molecule has 0 N–H and O–H groups in total. The molecular weight excluding hydrogens is 371 g/mol. The molecular formula is C19H16F3N5O. The minimum absolute atomic E-state index is 0.0844. The summed E-state index contributed by atoms with van der Waals surface area (Å²) < 4.78 is 41.4. The minimum Gasteiger partial charge on any atom is -0.307 e. The molecule has 0 bridgehead atoms. The summed E-state index contributed by atoms with van der Waals surface area (Å²) in [6.45, 7) is 0.677. The van der Waals surface area contributed by atoms with Crippen molar-refractivity contribution in [2.75, 3.05) is 11.4 Å². The van der Waals surface area contributed by atoms with Gasteiger partial charge in [0.05, 0.1) is 24.0 Å². The van der Waals surface area contributed by atoms with Gasteiger partial charge in [-0.3, -0.25) is 9.78 Å². The van der Waals surface area contributed by atoms with Gasteiger partial charge in [0.25, 0.3) is 5.91 Å². The van der Waals surface area contributed by atoms with Crippen LogP contribution in [-0.4, -0.2) is 32.4 Å². The van der Waals surface area contributed by atoms with Crippen LogP contribution in [0.15, 0.2) is 48.8 Å². The van der Waals surface area contributed by atoms with E-state index in [0.29, 0.717) is 19.5 Å². The van der Waals surface area contributed by atoms with E-state index in [0.717, 1.165) is 11.8 Å². The van der Waals surface area contributed by atoms with Gasteiger partial charge >= 0.3 is 6.18 Å². The fourth-order valence-electron chi connectivity index (χ4n) is 3.37. The summed E-state index contributed by atoms with van der Waals surface area (Å²) in [5.74, 6) is -0.465. The van der Waals surface area contributed by atoms with Crippen molar-refractivity contribution < 1.29 is 18.0 Å².